The Morgan fingerprint density at radius 2 is 1.93 bits per heavy atom. The van der Waals surface area contributed by atoms with E-state index in [1.54, 1.807) is 0 Å². The van der Waals surface area contributed by atoms with Crippen LogP contribution in [0.4, 0.5) is 0 Å². The van der Waals surface area contributed by atoms with Crippen molar-refractivity contribution < 1.29 is 5.11 Å². The highest BCUT2D eigenvalue weighted by molar-refractivity contribution is 4.76. The molecule has 2 unspecified atom stereocenters. The molecule has 1 aliphatic carbocycles. The summed E-state index contributed by atoms with van der Waals surface area (Å²) >= 11 is 0. The van der Waals surface area contributed by atoms with Gasteiger partial charge in [0, 0.05) is 18.6 Å². The molecule has 15 heavy (non-hydrogen) atoms. The van der Waals surface area contributed by atoms with Gasteiger partial charge in [-0.1, -0.05) is 40.0 Å². The minimum Gasteiger partial charge on any atom is -0.396 e. The van der Waals surface area contributed by atoms with Gasteiger partial charge >= 0.3 is 0 Å². The summed E-state index contributed by atoms with van der Waals surface area (Å²) in [6, 6.07) is 0. The van der Waals surface area contributed by atoms with Crippen molar-refractivity contribution in [3.05, 3.63) is 0 Å². The molecule has 0 aromatic heterocycles. The first kappa shape index (κ1) is 13.0. The molecule has 0 amide bonds. The first-order chi connectivity index (χ1) is 7.05. The van der Waals surface area contributed by atoms with Crippen LogP contribution in [0.5, 0.6) is 0 Å². The minimum absolute atomic E-state index is 0.0257. The molecule has 1 rings (SSSR count). The summed E-state index contributed by atoms with van der Waals surface area (Å²) in [6.45, 7) is 8.90. The van der Waals surface area contributed by atoms with Crippen molar-refractivity contribution in [1.29, 1.82) is 0 Å². The summed E-state index contributed by atoms with van der Waals surface area (Å²) in [7, 11) is 0. The highest BCUT2D eigenvalue weighted by Gasteiger charge is 2.22. The highest BCUT2D eigenvalue weighted by Crippen LogP contribution is 2.29. The van der Waals surface area contributed by atoms with Gasteiger partial charge in [0.2, 0.25) is 0 Å². The third kappa shape index (κ3) is 4.52. The Labute approximate surface area is 94.5 Å². The van der Waals surface area contributed by atoms with Crippen molar-refractivity contribution in [2.45, 2.75) is 46.5 Å². The molecule has 0 aromatic rings. The molecule has 0 saturated heterocycles. The summed E-state index contributed by atoms with van der Waals surface area (Å²) in [6.07, 6.45) is 5.60. The summed E-state index contributed by atoms with van der Waals surface area (Å²) < 4.78 is 0. The quantitative estimate of drug-likeness (QED) is 0.735. The molecule has 0 aromatic carbocycles. The molecule has 0 radical (unpaired) electrons. The van der Waals surface area contributed by atoms with Gasteiger partial charge in [0.1, 0.15) is 0 Å². The van der Waals surface area contributed by atoms with Crippen LogP contribution in [-0.2, 0) is 0 Å². The van der Waals surface area contributed by atoms with Crippen molar-refractivity contribution >= 4 is 0 Å². The Morgan fingerprint density at radius 3 is 2.53 bits per heavy atom. The predicted octanol–water partition coefficient (Wildman–Crippen LogP) is 2.42. The maximum atomic E-state index is 9.14. The molecule has 2 nitrogen and oxygen atoms in total. The Kier molecular flexibility index (Phi) is 5.07. The van der Waals surface area contributed by atoms with Crippen molar-refractivity contribution in [1.82, 2.24) is 5.32 Å². The lowest BCUT2D eigenvalue weighted by Gasteiger charge is -2.30. The standard InChI is InChI=1S/C13H27NO/c1-11-6-4-5-7-12(11)8-14-9-13(2,3)10-15/h11-12,14-15H,4-10H2,1-3H3. The van der Waals surface area contributed by atoms with E-state index < -0.39 is 0 Å². The summed E-state index contributed by atoms with van der Waals surface area (Å²) in [4.78, 5) is 0. The average molecular weight is 213 g/mol. The summed E-state index contributed by atoms with van der Waals surface area (Å²) in [5.74, 6) is 1.73. The number of nitrogens with one attached hydrogen (secondary N) is 1. The monoisotopic (exact) mass is 213 g/mol. The number of aliphatic hydroxyl groups is 1. The molecule has 90 valence electrons. The van der Waals surface area contributed by atoms with Gasteiger partial charge in [-0.3, -0.25) is 0 Å². The van der Waals surface area contributed by atoms with Crippen LogP contribution in [0.15, 0.2) is 0 Å². The van der Waals surface area contributed by atoms with E-state index in [9.17, 15) is 0 Å². The van der Waals surface area contributed by atoms with E-state index in [1.807, 2.05) is 0 Å². The van der Waals surface area contributed by atoms with E-state index in [1.165, 1.54) is 25.7 Å². The molecular weight excluding hydrogens is 186 g/mol. The van der Waals surface area contributed by atoms with Gasteiger partial charge < -0.3 is 10.4 Å². The first-order valence-electron chi connectivity index (χ1n) is 6.37. The van der Waals surface area contributed by atoms with Gasteiger partial charge in [0.15, 0.2) is 0 Å². The topological polar surface area (TPSA) is 32.3 Å². The fourth-order valence-electron chi connectivity index (χ4n) is 2.35. The molecule has 0 aliphatic heterocycles. The SMILES string of the molecule is CC1CCCCC1CNCC(C)(C)CO. The van der Waals surface area contributed by atoms with Crippen molar-refractivity contribution in [3.63, 3.8) is 0 Å². The largest absolute Gasteiger partial charge is 0.396 e. The Hall–Kier alpha value is -0.0800. The lowest BCUT2D eigenvalue weighted by Crippen LogP contribution is -2.37. The van der Waals surface area contributed by atoms with Crippen molar-refractivity contribution in [2.75, 3.05) is 19.7 Å². The second kappa shape index (κ2) is 5.86. The van der Waals surface area contributed by atoms with Gasteiger partial charge in [-0.25, -0.2) is 0 Å². The van der Waals surface area contributed by atoms with Crippen molar-refractivity contribution in [2.24, 2.45) is 17.3 Å². The molecule has 0 heterocycles. The molecule has 1 aliphatic rings. The van der Waals surface area contributed by atoms with Crippen LogP contribution in [-0.4, -0.2) is 24.8 Å². The van der Waals surface area contributed by atoms with Crippen LogP contribution in [0, 0.1) is 17.3 Å². The predicted molar refractivity (Wildman–Crippen MR) is 64.9 cm³/mol. The van der Waals surface area contributed by atoms with E-state index in [0.29, 0.717) is 0 Å². The number of hydrogen-bond donors (Lipinski definition) is 2. The van der Waals surface area contributed by atoms with Crippen LogP contribution >= 0.6 is 0 Å². The summed E-state index contributed by atoms with van der Waals surface area (Å²) in [5, 5.41) is 12.7. The van der Waals surface area contributed by atoms with E-state index in [4.69, 9.17) is 5.11 Å². The lowest BCUT2D eigenvalue weighted by molar-refractivity contribution is 0.151. The zero-order valence-electron chi connectivity index (χ0n) is 10.6. The van der Waals surface area contributed by atoms with Gasteiger partial charge in [0.25, 0.3) is 0 Å². The highest BCUT2D eigenvalue weighted by atomic mass is 16.3. The van der Waals surface area contributed by atoms with Crippen LogP contribution in [0.1, 0.15) is 46.5 Å². The second-order valence-electron chi connectivity index (χ2n) is 5.98. The number of hydrogen-bond acceptors (Lipinski definition) is 2. The smallest absolute Gasteiger partial charge is 0.0494 e. The summed E-state index contributed by atoms with van der Waals surface area (Å²) in [5.41, 5.74) is 0.0257. The molecule has 0 spiro atoms. The normalized spacial score (nSPS) is 28.0. The lowest BCUT2D eigenvalue weighted by atomic mass is 9.80. The first-order valence-corrected chi connectivity index (χ1v) is 6.37. The van der Waals surface area contributed by atoms with E-state index in [0.717, 1.165) is 24.9 Å². The molecule has 1 saturated carbocycles. The zero-order valence-corrected chi connectivity index (χ0v) is 10.6. The van der Waals surface area contributed by atoms with Gasteiger partial charge in [0.05, 0.1) is 0 Å². The fraction of sp³-hybridized carbons (Fsp3) is 1.00. The van der Waals surface area contributed by atoms with E-state index in [-0.39, 0.29) is 12.0 Å². The van der Waals surface area contributed by atoms with Gasteiger partial charge in [-0.05, 0) is 24.8 Å². The molecule has 2 N–H and O–H groups in total. The fourth-order valence-corrected chi connectivity index (χ4v) is 2.35. The van der Waals surface area contributed by atoms with Gasteiger partial charge in [-0.2, -0.15) is 0 Å². The van der Waals surface area contributed by atoms with Crippen LogP contribution in [0.2, 0.25) is 0 Å². The molecule has 2 atom stereocenters. The zero-order chi connectivity index (χ0) is 11.3. The van der Waals surface area contributed by atoms with Gasteiger partial charge in [-0.15, -0.1) is 0 Å². The average Bonchev–Trinajstić information content (AvgIpc) is 2.21. The number of rotatable bonds is 5. The second-order valence-corrected chi connectivity index (χ2v) is 5.98. The molecule has 2 heteroatoms. The van der Waals surface area contributed by atoms with E-state index in [2.05, 4.69) is 26.1 Å². The molecular formula is C13H27NO. The van der Waals surface area contributed by atoms with Crippen molar-refractivity contribution in [3.8, 4) is 0 Å². The molecule has 1 fully saturated rings. The third-order valence-electron chi connectivity index (χ3n) is 3.73. The maximum absolute atomic E-state index is 9.14. The Balaban J connectivity index is 2.19. The van der Waals surface area contributed by atoms with Crippen LogP contribution < -0.4 is 5.32 Å². The molecule has 0 bridgehead atoms. The Morgan fingerprint density at radius 1 is 1.27 bits per heavy atom. The number of aliphatic hydroxyl groups excluding tert-OH is 1. The van der Waals surface area contributed by atoms with Crippen LogP contribution in [0.3, 0.4) is 0 Å². The maximum Gasteiger partial charge on any atom is 0.0494 e. The minimum atomic E-state index is 0.0257. The van der Waals surface area contributed by atoms with E-state index >= 15 is 0 Å². The van der Waals surface area contributed by atoms with Crippen LogP contribution in [0.25, 0.3) is 0 Å². The third-order valence-corrected chi connectivity index (χ3v) is 3.73. The Bertz CT molecular complexity index is 179.